The van der Waals surface area contributed by atoms with Crippen LogP contribution < -0.4 is 0 Å². The molecule has 0 aromatic heterocycles. The quantitative estimate of drug-likeness (QED) is 0.673. The van der Waals surface area contributed by atoms with Crippen LogP contribution in [-0.4, -0.2) is 22.3 Å². The van der Waals surface area contributed by atoms with E-state index in [1.807, 2.05) is 13.8 Å². The molecule has 0 atom stereocenters. The molecule has 0 rings (SSSR count). The molecule has 0 spiro atoms. The van der Waals surface area contributed by atoms with Crippen molar-refractivity contribution in [2.75, 3.05) is 6.61 Å². The third-order valence-electron chi connectivity index (χ3n) is 2.89. The van der Waals surface area contributed by atoms with Crippen LogP contribution in [0.2, 0.25) is 18.1 Å². The molecular weight excluding hydrogens is 260 g/mol. The molecule has 0 fully saturated rings. The molecular formula is C10H26O4SiTi. The Bertz CT molecular complexity index is 187. The van der Waals surface area contributed by atoms with Crippen molar-refractivity contribution in [1.82, 2.24) is 0 Å². The Labute approximate surface area is 105 Å². The minimum atomic E-state index is -4.42. The van der Waals surface area contributed by atoms with Gasteiger partial charge in [-0.15, -0.1) is 0 Å². The van der Waals surface area contributed by atoms with Crippen molar-refractivity contribution < 1.29 is 31.8 Å². The topological polar surface area (TPSA) is 58.9 Å². The Kier molecular flexibility index (Phi) is 7.61. The molecule has 0 aliphatic carbocycles. The van der Waals surface area contributed by atoms with E-state index in [-0.39, 0.29) is 5.92 Å². The van der Waals surface area contributed by atoms with E-state index in [9.17, 15) is 7.38 Å². The molecule has 2 N–H and O–H groups in total. The van der Waals surface area contributed by atoms with Crippen molar-refractivity contribution in [3.63, 3.8) is 0 Å². The van der Waals surface area contributed by atoms with Crippen molar-refractivity contribution in [1.29, 1.82) is 0 Å². The van der Waals surface area contributed by atoms with Crippen LogP contribution in [0.5, 0.6) is 0 Å². The summed E-state index contributed by atoms with van der Waals surface area (Å²) in [5, 5.41) is 0. The SMILES string of the molecule is CC[Si](CC)(CC)[O][Ti]([OH])([OH])[O]CC(C)C. The van der Waals surface area contributed by atoms with Gasteiger partial charge in [0.2, 0.25) is 0 Å². The fraction of sp³-hybridized carbons (Fsp3) is 1.00. The molecule has 0 amide bonds. The number of hydrogen-bond donors (Lipinski definition) is 2. The third kappa shape index (κ3) is 5.91. The zero-order valence-electron chi connectivity index (χ0n) is 11.1. The Hall–Kier alpha value is 0.771. The van der Waals surface area contributed by atoms with Crippen LogP contribution >= 0.6 is 0 Å². The van der Waals surface area contributed by atoms with Crippen LogP contribution in [0.4, 0.5) is 0 Å². The van der Waals surface area contributed by atoms with Gasteiger partial charge in [0.05, 0.1) is 0 Å². The fourth-order valence-electron chi connectivity index (χ4n) is 1.55. The standard InChI is InChI=1S/C6H15OSi.C4H9O.2H2O.Ti/c1-4-8(7,5-2)6-3;1-4(2)3-5;;;/h4-6H2,1-3H3;4H,3H2,1-2H3;2*1H2;/q2*-1;;;+4/p-2. The molecule has 0 aromatic carbocycles. The van der Waals surface area contributed by atoms with Gasteiger partial charge in [0, 0.05) is 0 Å². The number of hydrogen-bond acceptors (Lipinski definition) is 4. The van der Waals surface area contributed by atoms with Gasteiger partial charge in [-0.1, -0.05) is 0 Å². The van der Waals surface area contributed by atoms with Crippen LogP contribution in [0.25, 0.3) is 0 Å². The van der Waals surface area contributed by atoms with Gasteiger partial charge in [-0.2, -0.15) is 0 Å². The van der Waals surface area contributed by atoms with E-state index < -0.39 is 26.5 Å². The molecule has 0 aliphatic rings. The van der Waals surface area contributed by atoms with Crippen LogP contribution in [0.1, 0.15) is 34.6 Å². The average molecular weight is 286 g/mol. The monoisotopic (exact) mass is 286 g/mol. The van der Waals surface area contributed by atoms with Gasteiger partial charge in [0.25, 0.3) is 0 Å². The second-order valence-electron chi connectivity index (χ2n) is 4.60. The first kappa shape index (κ1) is 16.8. The summed E-state index contributed by atoms with van der Waals surface area (Å²) in [6.45, 7) is 10.5. The Morgan fingerprint density at radius 3 is 1.81 bits per heavy atom. The second kappa shape index (κ2) is 7.26. The van der Waals surface area contributed by atoms with Gasteiger partial charge < -0.3 is 0 Å². The van der Waals surface area contributed by atoms with Crippen molar-refractivity contribution >= 4 is 8.32 Å². The average Bonchev–Trinajstić information content (AvgIpc) is 2.24. The molecule has 4 nitrogen and oxygen atoms in total. The van der Waals surface area contributed by atoms with Gasteiger partial charge >= 0.3 is 105 Å². The maximum absolute atomic E-state index is 9.83. The van der Waals surface area contributed by atoms with Crippen molar-refractivity contribution in [3.8, 4) is 0 Å². The van der Waals surface area contributed by atoms with Crippen LogP contribution in [-0.2, 0) is 24.5 Å². The normalized spacial score (nSPS) is 13.5. The Morgan fingerprint density at radius 2 is 1.50 bits per heavy atom. The van der Waals surface area contributed by atoms with E-state index in [1.165, 1.54) is 0 Å². The zero-order valence-corrected chi connectivity index (χ0v) is 13.7. The molecule has 0 aromatic rings. The summed E-state index contributed by atoms with van der Waals surface area (Å²) in [5.41, 5.74) is 0. The van der Waals surface area contributed by atoms with Gasteiger partial charge in [-0.3, -0.25) is 0 Å². The van der Waals surface area contributed by atoms with Crippen LogP contribution in [0.3, 0.4) is 0 Å². The van der Waals surface area contributed by atoms with Crippen LogP contribution in [0, 0.1) is 5.92 Å². The summed E-state index contributed by atoms with van der Waals surface area (Å²) >= 11 is -4.42. The summed E-state index contributed by atoms with van der Waals surface area (Å²) < 4.78 is 30.5. The number of rotatable bonds is 8. The predicted octanol–water partition coefficient (Wildman–Crippen LogP) is 2.48. The molecule has 16 heavy (non-hydrogen) atoms. The van der Waals surface area contributed by atoms with E-state index >= 15 is 0 Å². The molecule has 98 valence electrons. The van der Waals surface area contributed by atoms with Crippen molar-refractivity contribution in [2.45, 2.75) is 52.8 Å². The summed E-state index contributed by atoms with van der Waals surface area (Å²) in [4.78, 5) is 0. The Morgan fingerprint density at radius 1 is 1.06 bits per heavy atom. The van der Waals surface area contributed by atoms with E-state index in [4.69, 9.17) is 6.33 Å². The first-order chi connectivity index (χ1) is 7.31. The summed E-state index contributed by atoms with van der Waals surface area (Å²) in [6.07, 6.45) is 0. The van der Waals surface area contributed by atoms with E-state index in [0.29, 0.717) is 6.61 Å². The van der Waals surface area contributed by atoms with E-state index in [1.54, 1.807) is 0 Å². The third-order valence-corrected chi connectivity index (χ3v) is 11.6. The molecule has 0 heterocycles. The molecule has 0 unspecified atom stereocenters. The summed E-state index contributed by atoms with van der Waals surface area (Å²) in [5.74, 6) is 0.286. The molecule has 0 bridgehead atoms. The van der Waals surface area contributed by atoms with Crippen molar-refractivity contribution in [2.24, 2.45) is 5.92 Å². The maximum atomic E-state index is 9.83. The van der Waals surface area contributed by atoms with Gasteiger partial charge in [0.1, 0.15) is 0 Å². The Balaban J connectivity index is 4.40. The molecule has 0 radical (unpaired) electrons. The van der Waals surface area contributed by atoms with Gasteiger partial charge in [0.15, 0.2) is 0 Å². The molecule has 0 aliphatic heterocycles. The second-order valence-corrected chi connectivity index (χ2v) is 12.4. The minimum absolute atomic E-state index is 0.286. The molecule has 0 saturated carbocycles. The van der Waals surface area contributed by atoms with Crippen LogP contribution in [0.15, 0.2) is 0 Å². The van der Waals surface area contributed by atoms with Crippen molar-refractivity contribution in [3.05, 3.63) is 0 Å². The molecule has 6 heteroatoms. The van der Waals surface area contributed by atoms with E-state index in [2.05, 4.69) is 20.8 Å². The summed E-state index contributed by atoms with van der Waals surface area (Å²) in [6, 6.07) is 2.71. The van der Waals surface area contributed by atoms with Gasteiger partial charge in [-0.25, -0.2) is 0 Å². The first-order valence-corrected chi connectivity index (χ1v) is 11.3. The van der Waals surface area contributed by atoms with E-state index in [0.717, 1.165) is 18.1 Å². The zero-order chi connectivity index (χ0) is 12.8. The molecule has 0 saturated heterocycles. The summed E-state index contributed by atoms with van der Waals surface area (Å²) in [7, 11) is -1.97. The van der Waals surface area contributed by atoms with Gasteiger partial charge in [-0.05, 0) is 0 Å². The fourth-order valence-corrected chi connectivity index (χ4v) is 9.92. The predicted molar refractivity (Wildman–Crippen MR) is 63.5 cm³/mol. The first-order valence-electron chi connectivity index (χ1n) is 6.09.